The molecule has 1 rings (SSSR count). The summed E-state index contributed by atoms with van der Waals surface area (Å²) in [4.78, 5) is 13.2. The molecule has 1 N–H and O–H groups in total. The maximum Gasteiger partial charge on any atom is 0.414 e. The van der Waals surface area contributed by atoms with Gasteiger partial charge in [0.1, 0.15) is 5.75 Å². The molecule has 0 bridgehead atoms. The van der Waals surface area contributed by atoms with Gasteiger partial charge in [0.15, 0.2) is 0 Å². The number of ether oxygens (including phenoxy) is 1. The second kappa shape index (κ2) is 6.71. The molecule has 0 heterocycles. The van der Waals surface area contributed by atoms with Crippen LogP contribution in [0.4, 0.5) is 4.79 Å². The van der Waals surface area contributed by atoms with Crippen molar-refractivity contribution in [1.82, 2.24) is 9.62 Å². The van der Waals surface area contributed by atoms with Gasteiger partial charge in [-0.2, -0.15) is 0 Å². The van der Waals surface area contributed by atoms with Gasteiger partial charge in [-0.25, -0.2) is 17.9 Å². The third kappa shape index (κ3) is 3.94. The zero-order valence-electron chi connectivity index (χ0n) is 12.1. The van der Waals surface area contributed by atoms with Gasteiger partial charge in [-0.15, -0.1) is 0 Å². The number of hydrogen-bond donors (Lipinski definition) is 1. The molecule has 1 aromatic carbocycles. The van der Waals surface area contributed by atoms with Crippen molar-refractivity contribution >= 4 is 16.1 Å². The van der Waals surface area contributed by atoms with Crippen LogP contribution in [0.5, 0.6) is 5.75 Å². The van der Waals surface area contributed by atoms with Crippen LogP contribution < -0.4 is 9.46 Å². The highest BCUT2D eigenvalue weighted by molar-refractivity contribution is 7.89. The topological polar surface area (TPSA) is 75.7 Å². The number of amides is 1. The number of sulfonamides is 1. The van der Waals surface area contributed by atoms with E-state index >= 15 is 0 Å². The molecule has 0 saturated heterocycles. The van der Waals surface area contributed by atoms with Crippen LogP contribution in [-0.2, 0) is 10.0 Å². The van der Waals surface area contributed by atoms with E-state index in [4.69, 9.17) is 4.74 Å². The second-order valence-electron chi connectivity index (χ2n) is 4.31. The highest BCUT2D eigenvalue weighted by atomic mass is 32.2. The molecule has 0 aliphatic heterocycles. The fourth-order valence-electron chi connectivity index (χ4n) is 1.48. The molecule has 0 aliphatic carbocycles. The Hall–Kier alpha value is -1.60. The molecule has 1 aromatic rings. The van der Waals surface area contributed by atoms with Crippen molar-refractivity contribution in [3.63, 3.8) is 0 Å². The molecular formula is C13H20N2O4S. The zero-order chi connectivity index (χ0) is 15.3. The fraction of sp³-hybridized carbons (Fsp3) is 0.462. The van der Waals surface area contributed by atoms with E-state index in [0.29, 0.717) is 24.4 Å². The number of aryl methyl sites for hydroxylation is 1. The lowest BCUT2D eigenvalue weighted by atomic mass is 10.2. The molecule has 1 amide bonds. The summed E-state index contributed by atoms with van der Waals surface area (Å²) in [7, 11) is -1.87. The van der Waals surface area contributed by atoms with Crippen LogP contribution in [0.2, 0.25) is 0 Å². The van der Waals surface area contributed by atoms with Gasteiger partial charge < -0.3 is 9.64 Å². The molecule has 0 unspecified atom stereocenters. The van der Waals surface area contributed by atoms with E-state index < -0.39 is 16.1 Å². The number of carbonyl (C=O) groups excluding carboxylic acids is 1. The molecule has 7 heteroatoms. The normalized spacial score (nSPS) is 11.2. The summed E-state index contributed by atoms with van der Waals surface area (Å²) in [5.41, 5.74) is 0.585. The highest BCUT2D eigenvalue weighted by Gasteiger charge is 2.16. The Labute approximate surface area is 119 Å². The van der Waals surface area contributed by atoms with E-state index in [1.54, 1.807) is 20.9 Å². The molecular weight excluding hydrogens is 280 g/mol. The Morgan fingerprint density at radius 3 is 2.50 bits per heavy atom. The number of nitrogens with zero attached hydrogens (tertiary/aromatic N) is 1. The summed E-state index contributed by atoms with van der Waals surface area (Å²) in [5, 5.41) is 0. The smallest absolute Gasteiger partial charge is 0.410 e. The maximum absolute atomic E-state index is 11.8. The van der Waals surface area contributed by atoms with E-state index in [1.165, 1.54) is 23.1 Å². The van der Waals surface area contributed by atoms with Crippen LogP contribution in [0.3, 0.4) is 0 Å². The first-order valence-corrected chi connectivity index (χ1v) is 7.83. The van der Waals surface area contributed by atoms with Gasteiger partial charge >= 0.3 is 6.09 Å². The second-order valence-corrected chi connectivity index (χ2v) is 6.08. The van der Waals surface area contributed by atoms with E-state index in [9.17, 15) is 13.2 Å². The first kappa shape index (κ1) is 16.5. The van der Waals surface area contributed by atoms with Crippen LogP contribution in [0, 0.1) is 6.92 Å². The number of rotatable bonds is 5. The maximum atomic E-state index is 11.8. The fourth-order valence-corrected chi connectivity index (χ4v) is 2.60. The highest BCUT2D eigenvalue weighted by Crippen LogP contribution is 2.22. The Bertz CT molecular complexity index is 584. The molecule has 0 aliphatic rings. The Kier molecular flexibility index (Phi) is 5.52. The monoisotopic (exact) mass is 300 g/mol. The predicted molar refractivity (Wildman–Crippen MR) is 76.4 cm³/mol. The van der Waals surface area contributed by atoms with Crippen molar-refractivity contribution in [1.29, 1.82) is 0 Å². The van der Waals surface area contributed by atoms with Crippen molar-refractivity contribution < 1.29 is 17.9 Å². The van der Waals surface area contributed by atoms with Gasteiger partial charge in [0.25, 0.3) is 0 Å². The minimum atomic E-state index is -3.50. The summed E-state index contributed by atoms with van der Waals surface area (Å²) < 4.78 is 31.3. The number of nitrogens with one attached hydrogen (secondary N) is 1. The van der Waals surface area contributed by atoms with Gasteiger partial charge in [0, 0.05) is 20.1 Å². The molecule has 0 spiro atoms. The van der Waals surface area contributed by atoms with Crippen molar-refractivity contribution in [3.8, 4) is 5.75 Å². The van der Waals surface area contributed by atoms with Crippen LogP contribution in [0.25, 0.3) is 0 Å². The quantitative estimate of drug-likeness (QED) is 0.898. The SMILES string of the molecule is CCNS(=O)(=O)c1ccc(OC(=O)N(C)CC)c(C)c1. The molecule has 0 atom stereocenters. The summed E-state index contributed by atoms with van der Waals surface area (Å²) in [6, 6.07) is 4.38. The number of hydrogen-bond acceptors (Lipinski definition) is 4. The molecule has 112 valence electrons. The van der Waals surface area contributed by atoms with Gasteiger partial charge in [0.2, 0.25) is 10.0 Å². The van der Waals surface area contributed by atoms with E-state index in [0.717, 1.165) is 0 Å². The van der Waals surface area contributed by atoms with Gasteiger partial charge in [-0.1, -0.05) is 6.92 Å². The Morgan fingerprint density at radius 2 is 2.00 bits per heavy atom. The molecule has 0 radical (unpaired) electrons. The lowest BCUT2D eigenvalue weighted by Gasteiger charge is -2.15. The standard InChI is InChI=1S/C13H20N2O4S/c1-5-14-20(17,18)11-7-8-12(10(3)9-11)19-13(16)15(4)6-2/h7-9,14H,5-6H2,1-4H3. The minimum absolute atomic E-state index is 0.153. The van der Waals surface area contributed by atoms with Gasteiger partial charge in [-0.05, 0) is 37.6 Å². The van der Waals surface area contributed by atoms with Crippen LogP contribution in [-0.4, -0.2) is 39.5 Å². The summed E-state index contributed by atoms with van der Waals surface area (Å²) in [6.07, 6.45) is -0.474. The average Bonchev–Trinajstić information content (AvgIpc) is 2.39. The summed E-state index contributed by atoms with van der Waals surface area (Å²) in [5.74, 6) is 0.353. The van der Waals surface area contributed by atoms with Crippen molar-refractivity contribution in [2.75, 3.05) is 20.1 Å². The zero-order valence-corrected chi connectivity index (χ0v) is 13.0. The van der Waals surface area contributed by atoms with Crippen molar-refractivity contribution in [2.24, 2.45) is 0 Å². The lowest BCUT2D eigenvalue weighted by molar-refractivity contribution is 0.165. The third-order valence-electron chi connectivity index (χ3n) is 2.77. The average molecular weight is 300 g/mol. The molecule has 0 saturated carbocycles. The minimum Gasteiger partial charge on any atom is -0.410 e. The molecule has 0 fully saturated rings. The van der Waals surface area contributed by atoms with Gasteiger partial charge in [0.05, 0.1) is 4.90 Å². The van der Waals surface area contributed by atoms with E-state index in [2.05, 4.69) is 4.72 Å². The third-order valence-corrected chi connectivity index (χ3v) is 4.32. The lowest BCUT2D eigenvalue weighted by Crippen LogP contribution is -2.29. The van der Waals surface area contributed by atoms with Crippen LogP contribution in [0.1, 0.15) is 19.4 Å². The first-order valence-electron chi connectivity index (χ1n) is 6.35. The Balaban J connectivity index is 2.97. The van der Waals surface area contributed by atoms with E-state index in [1.807, 2.05) is 6.92 Å². The molecule has 6 nitrogen and oxygen atoms in total. The van der Waals surface area contributed by atoms with Crippen molar-refractivity contribution in [3.05, 3.63) is 23.8 Å². The van der Waals surface area contributed by atoms with Crippen LogP contribution in [0.15, 0.2) is 23.1 Å². The predicted octanol–water partition coefficient (Wildman–Crippen LogP) is 1.74. The van der Waals surface area contributed by atoms with Gasteiger partial charge in [-0.3, -0.25) is 0 Å². The number of carbonyl (C=O) groups is 1. The van der Waals surface area contributed by atoms with Crippen LogP contribution >= 0.6 is 0 Å². The largest absolute Gasteiger partial charge is 0.414 e. The molecule has 0 aromatic heterocycles. The molecule has 20 heavy (non-hydrogen) atoms. The van der Waals surface area contributed by atoms with E-state index in [-0.39, 0.29) is 4.90 Å². The first-order chi connectivity index (χ1) is 9.31. The summed E-state index contributed by atoms with van der Waals surface area (Å²) >= 11 is 0. The number of benzene rings is 1. The Morgan fingerprint density at radius 1 is 1.35 bits per heavy atom. The summed E-state index contributed by atoms with van der Waals surface area (Å²) in [6.45, 7) is 6.09. The van der Waals surface area contributed by atoms with Crippen molar-refractivity contribution in [2.45, 2.75) is 25.7 Å².